The van der Waals surface area contributed by atoms with E-state index in [0.29, 0.717) is 17.5 Å². The number of unbranched alkanes of at least 4 members (excludes halogenated alkanes) is 1. The van der Waals surface area contributed by atoms with Crippen LogP contribution in [-0.2, 0) is 11.8 Å². The molecular formula is C13H17N3O2. The van der Waals surface area contributed by atoms with Crippen LogP contribution in [0.25, 0.3) is 10.9 Å². The summed E-state index contributed by atoms with van der Waals surface area (Å²) >= 11 is 0. The zero-order valence-corrected chi connectivity index (χ0v) is 10.6. The molecule has 0 fully saturated rings. The number of benzene rings is 1. The number of nitrogens with one attached hydrogen (secondary N) is 2. The van der Waals surface area contributed by atoms with Crippen LogP contribution in [0.4, 0.5) is 5.69 Å². The first-order valence-corrected chi connectivity index (χ1v) is 6.10. The number of nitrogens with zero attached hydrogens (tertiary/aromatic N) is 1. The minimum atomic E-state index is -0.142. The maximum atomic E-state index is 11.6. The maximum absolute atomic E-state index is 11.6. The van der Waals surface area contributed by atoms with E-state index < -0.39 is 0 Å². The minimum absolute atomic E-state index is 0.0106. The zero-order chi connectivity index (χ0) is 13.1. The van der Waals surface area contributed by atoms with E-state index in [1.54, 1.807) is 23.9 Å². The molecular weight excluding hydrogens is 230 g/mol. The number of aromatic amines is 1. The van der Waals surface area contributed by atoms with Gasteiger partial charge in [0.25, 0.3) is 5.56 Å². The van der Waals surface area contributed by atoms with Crippen molar-refractivity contribution in [2.75, 3.05) is 5.32 Å². The van der Waals surface area contributed by atoms with E-state index in [1.165, 1.54) is 0 Å². The topological polar surface area (TPSA) is 66.9 Å². The lowest BCUT2D eigenvalue weighted by molar-refractivity contribution is -0.116. The van der Waals surface area contributed by atoms with Crippen molar-refractivity contribution in [3.05, 3.63) is 28.6 Å². The molecule has 18 heavy (non-hydrogen) atoms. The van der Waals surface area contributed by atoms with Crippen LogP contribution < -0.4 is 10.9 Å². The van der Waals surface area contributed by atoms with E-state index in [1.807, 2.05) is 13.0 Å². The van der Waals surface area contributed by atoms with Crippen LogP contribution in [0.15, 0.2) is 23.0 Å². The smallest absolute Gasteiger partial charge is 0.272 e. The molecule has 0 unspecified atom stereocenters. The van der Waals surface area contributed by atoms with E-state index in [9.17, 15) is 9.59 Å². The summed E-state index contributed by atoms with van der Waals surface area (Å²) in [5, 5.41) is 6.07. The number of hydrogen-bond acceptors (Lipinski definition) is 2. The quantitative estimate of drug-likeness (QED) is 0.867. The number of aromatic nitrogens is 2. The summed E-state index contributed by atoms with van der Waals surface area (Å²) in [5.41, 5.74) is 1.35. The summed E-state index contributed by atoms with van der Waals surface area (Å²) in [6, 6.07) is 5.33. The molecule has 1 aromatic heterocycles. The Bertz CT molecular complexity index is 625. The van der Waals surface area contributed by atoms with E-state index >= 15 is 0 Å². The van der Waals surface area contributed by atoms with Crippen LogP contribution in [0, 0.1) is 0 Å². The van der Waals surface area contributed by atoms with Gasteiger partial charge in [-0.05, 0) is 24.6 Å². The van der Waals surface area contributed by atoms with E-state index in [2.05, 4.69) is 10.4 Å². The lowest BCUT2D eigenvalue weighted by atomic mass is 10.2. The molecule has 2 aromatic rings. The summed E-state index contributed by atoms with van der Waals surface area (Å²) in [5.74, 6) is -0.0106. The van der Waals surface area contributed by atoms with Crippen molar-refractivity contribution < 1.29 is 4.79 Å². The molecule has 2 N–H and O–H groups in total. The van der Waals surface area contributed by atoms with Crippen molar-refractivity contribution >= 4 is 22.5 Å². The molecule has 0 saturated carbocycles. The number of rotatable bonds is 4. The van der Waals surface area contributed by atoms with Crippen LogP contribution in [0.3, 0.4) is 0 Å². The maximum Gasteiger partial charge on any atom is 0.272 e. The predicted octanol–water partition coefficient (Wildman–Crippen LogP) is 2.00. The minimum Gasteiger partial charge on any atom is -0.326 e. The first-order valence-electron chi connectivity index (χ1n) is 6.10. The number of amides is 1. The second kappa shape index (κ2) is 5.08. The van der Waals surface area contributed by atoms with Gasteiger partial charge in [-0.2, -0.15) is 0 Å². The SMILES string of the molecule is CCCCC(=O)Nc1ccc2c(c1)c(=O)[nH]n2C. The monoisotopic (exact) mass is 247 g/mol. The number of H-pyrrole nitrogens is 1. The number of hydrogen-bond donors (Lipinski definition) is 2. The molecule has 96 valence electrons. The van der Waals surface area contributed by atoms with Gasteiger partial charge in [-0.1, -0.05) is 13.3 Å². The summed E-state index contributed by atoms with van der Waals surface area (Å²) in [7, 11) is 1.78. The van der Waals surface area contributed by atoms with E-state index in [-0.39, 0.29) is 11.5 Å². The molecule has 0 spiro atoms. The van der Waals surface area contributed by atoms with Crippen LogP contribution >= 0.6 is 0 Å². The van der Waals surface area contributed by atoms with Gasteiger partial charge in [-0.3, -0.25) is 19.4 Å². The lowest BCUT2D eigenvalue weighted by Crippen LogP contribution is -2.11. The third-order valence-electron chi connectivity index (χ3n) is 2.91. The Labute approximate surface area is 105 Å². The summed E-state index contributed by atoms with van der Waals surface area (Å²) in [4.78, 5) is 23.2. The second-order valence-corrected chi connectivity index (χ2v) is 4.38. The molecule has 1 aromatic carbocycles. The van der Waals surface area contributed by atoms with Crippen LogP contribution in [-0.4, -0.2) is 15.7 Å². The average Bonchev–Trinajstić information content (AvgIpc) is 2.62. The number of carbonyl (C=O) groups is 1. The Hall–Kier alpha value is -2.04. The third kappa shape index (κ3) is 2.45. The van der Waals surface area contributed by atoms with Gasteiger partial charge >= 0.3 is 0 Å². The highest BCUT2D eigenvalue weighted by Crippen LogP contribution is 2.15. The molecule has 0 bridgehead atoms. The van der Waals surface area contributed by atoms with Crippen molar-refractivity contribution in [3.8, 4) is 0 Å². The van der Waals surface area contributed by atoms with Gasteiger partial charge in [-0.15, -0.1) is 0 Å². The number of carbonyl (C=O) groups excluding carboxylic acids is 1. The van der Waals surface area contributed by atoms with Gasteiger partial charge in [-0.25, -0.2) is 0 Å². The Morgan fingerprint density at radius 3 is 2.94 bits per heavy atom. The molecule has 0 aliphatic rings. The summed E-state index contributed by atoms with van der Waals surface area (Å²) in [6.07, 6.45) is 2.38. The highest BCUT2D eigenvalue weighted by Gasteiger charge is 2.06. The molecule has 5 nitrogen and oxygen atoms in total. The largest absolute Gasteiger partial charge is 0.326 e. The molecule has 0 radical (unpaired) electrons. The van der Waals surface area contributed by atoms with Crippen molar-refractivity contribution in [3.63, 3.8) is 0 Å². The first kappa shape index (κ1) is 12.4. The van der Waals surface area contributed by atoms with Crippen molar-refractivity contribution in [2.45, 2.75) is 26.2 Å². The molecule has 5 heteroatoms. The van der Waals surface area contributed by atoms with Gasteiger partial charge in [0.05, 0.1) is 10.9 Å². The molecule has 2 rings (SSSR count). The van der Waals surface area contributed by atoms with Gasteiger partial charge in [0, 0.05) is 19.2 Å². The first-order chi connectivity index (χ1) is 8.61. The molecule has 0 aliphatic carbocycles. The fraction of sp³-hybridized carbons (Fsp3) is 0.385. The normalized spacial score (nSPS) is 10.8. The van der Waals surface area contributed by atoms with Crippen molar-refractivity contribution in [1.29, 1.82) is 0 Å². The third-order valence-corrected chi connectivity index (χ3v) is 2.91. The standard InChI is InChI=1S/C13H17N3O2/c1-3-4-5-12(17)14-9-6-7-11-10(8-9)13(18)15-16(11)2/h6-8H,3-5H2,1-2H3,(H,14,17)(H,15,18). The van der Waals surface area contributed by atoms with E-state index in [0.717, 1.165) is 18.4 Å². The number of fused-ring (bicyclic) bond motifs is 1. The summed E-state index contributed by atoms with van der Waals surface area (Å²) < 4.78 is 1.67. The lowest BCUT2D eigenvalue weighted by Gasteiger charge is -2.04. The van der Waals surface area contributed by atoms with Gasteiger partial charge in [0.15, 0.2) is 0 Å². The van der Waals surface area contributed by atoms with Crippen LogP contribution in [0.1, 0.15) is 26.2 Å². The fourth-order valence-corrected chi connectivity index (χ4v) is 1.92. The molecule has 1 amide bonds. The highest BCUT2D eigenvalue weighted by molar-refractivity contribution is 5.93. The van der Waals surface area contributed by atoms with Crippen LogP contribution in [0.2, 0.25) is 0 Å². The van der Waals surface area contributed by atoms with Crippen LogP contribution in [0.5, 0.6) is 0 Å². The Kier molecular flexibility index (Phi) is 3.50. The Morgan fingerprint density at radius 1 is 1.44 bits per heavy atom. The molecule has 1 heterocycles. The van der Waals surface area contributed by atoms with Gasteiger partial charge < -0.3 is 5.32 Å². The second-order valence-electron chi connectivity index (χ2n) is 4.38. The Morgan fingerprint density at radius 2 is 2.22 bits per heavy atom. The van der Waals surface area contributed by atoms with Crippen molar-refractivity contribution in [2.24, 2.45) is 7.05 Å². The average molecular weight is 247 g/mol. The predicted molar refractivity (Wildman–Crippen MR) is 71.7 cm³/mol. The highest BCUT2D eigenvalue weighted by atomic mass is 16.1. The Balaban J connectivity index is 2.22. The molecule has 0 saturated heterocycles. The van der Waals surface area contributed by atoms with E-state index in [4.69, 9.17) is 0 Å². The number of anilines is 1. The van der Waals surface area contributed by atoms with Crippen molar-refractivity contribution in [1.82, 2.24) is 9.78 Å². The fourth-order valence-electron chi connectivity index (χ4n) is 1.92. The zero-order valence-electron chi connectivity index (χ0n) is 10.6. The molecule has 0 aliphatic heterocycles. The number of aryl methyl sites for hydroxylation is 1. The summed E-state index contributed by atoms with van der Waals surface area (Å²) in [6.45, 7) is 2.04. The molecule has 0 atom stereocenters. The van der Waals surface area contributed by atoms with Gasteiger partial charge in [0.2, 0.25) is 5.91 Å². The van der Waals surface area contributed by atoms with Gasteiger partial charge in [0.1, 0.15) is 0 Å².